The summed E-state index contributed by atoms with van der Waals surface area (Å²) in [5.74, 6) is 1.68. The van der Waals surface area contributed by atoms with Gasteiger partial charge in [-0.15, -0.1) is 0 Å². The summed E-state index contributed by atoms with van der Waals surface area (Å²) in [6.07, 6.45) is 1.39. The van der Waals surface area contributed by atoms with Crippen LogP contribution in [0.2, 0.25) is 0 Å². The van der Waals surface area contributed by atoms with Gasteiger partial charge >= 0.3 is 0 Å². The van der Waals surface area contributed by atoms with Gasteiger partial charge in [-0.2, -0.15) is 4.37 Å². The normalized spacial score (nSPS) is 14.0. The molecule has 1 heterocycles. The quantitative estimate of drug-likeness (QED) is 0.839. The molecule has 108 valence electrons. The van der Waals surface area contributed by atoms with Crippen LogP contribution in [0.15, 0.2) is 24.3 Å². The molecule has 20 heavy (non-hydrogen) atoms. The first-order chi connectivity index (χ1) is 9.58. The van der Waals surface area contributed by atoms with Crippen LogP contribution in [0.5, 0.6) is 5.75 Å². The lowest BCUT2D eigenvalue weighted by molar-refractivity contribution is 0.414. The van der Waals surface area contributed by atoms with Crippen molar-refractivity contribution in [1.29, 1.82) is 0 Å². The van der Waals surface area contributed by atoms with Crippen molar-refractivity contribution in [3.8, 4) is 5.75 Å². The minimum Gasteiger partial charge on any atom is -0.497 e. The fraction of sp³-hybridized carbons (Fsp3) is 0.429. The Morgan fingerprint density at radius 3 is 2.55 bits per heavy atom. The Morgan fingerprint density at radius 1 is 1.25 bits per heavy atom. The smallest absolute Gasteiger partial charge is 0.146 e. The number of methoxy groups -OCH3 is 1. The molecule has 6 heteroatoms. The monoisotopic (exact) mass is 292 g/mol. The van der Waals surface area contributed by atoms with Gasteiger partial charge in [0.05, 0.1) is 7.11 Å². The summed E-state index contributed by atoms with van der Waals surface area (Å²) >= 11 is 1.40. The minimum atomic E-state index is -0.0724. The molecule has 0 bridgehead atoms. The highest BCUT2D eigenvalue weighted by molar-refractivity contribution is 7.05. The van der Waals surface area contributed by atoms with Crippen LogP contribution in [-0.4, -0.2) is 28.6 Å². The van der Waals surface area contributed by atoms with E-state index in [-0.39, 0.29) is 12.1 Å². The van der Waals surface area contributed by atoms with Gasteiger partial charge < -0.3 is 16.2 Å². The largest absolute Gasteiger partial charge is 0.497 e. The van der Waals surface area contributed by atoms with Crippen LogP contribution in [0.3, 0.4) is 0 Å². The molecule has 0 saturated carbocycles. The lowest BCUT2D eigenvalue weighted by Gasteiger charge is -2.12. The van der Waals surface area contributed by atoms with Gasteiger partial charge in [0.25, 0.3) is 0 Å². The Labute approximate surface area is 123 Å². The first-order valence-electron chi connectivity index (χ1n) is 6.54. The van der Waals surface area contributed by atoms with Crippen molar-refractivity contribution in [3.05, 3.63) is 40.7 Å². The molecule has 0 radical (unpaired) electrons. The van der Waals surface area contributed by atoms with Crippen LogP contribution in [-0.2, 0) is 12.8 Å². The maximum atomic E-state index is 5.94. The molecule has 2 atom stereocenters. The van der Waals surface area contributed by atoms with Crippen molar-refractivity contribution in [2.45, 2.75) is 31.8 Å². The van der Waals surface area contributed by atoms with Gasteiger partial charge in [-0.1, -0.05) is 12.1 Å². The molecule has 0 aliphatic carbocycles. The number of ether oxygens (including phenoxy) is 1. The third-order valence-electron chi connectivity index (χ3n) is 3.12. The second-order valence-electron chi connectivity index (χ2n) is 4.86. The average molecular weight is 292 g/mol. The summed E-state index contributed by atoms with van der Waals surface area (Å²) in [5, 5.41) is 0.943. The van der Waals surface area contributed by atoms with E-state index >= 15 is 0 Å². The van der Waals surface area contributed by atoms with Crippen LogP contribution in [0, 0.1) is 0 Å². The molecule has 0 spiro atoms. The van der Waals surface area contributed by atoms with E-state index in [1.165, 1.54) is 11.5 Å². The number of rotatable bonds is 6. The number of hydrogen-bond acceptors (Lipinski definition) is 6. The lowest BCUT2D eigenvalue weighted by Crippen LogP contribution is -2.40. The van der Waals surface area contributed by atoms with E-state index in [0.29, 0.717) is 12.8 Å². The molecule has 2 rings (SSSR count). The zero-order valence-corrected chi connectivity index (χ0v) is 12.6. The lowest BCUT2D eigenvalue weighted by atomic mass is 10.1. The predicted octanol–water partition coefficient (Wildman–Crippen LogP) is 1.35. The van der Waals surface area contributed by atoms with Crippen LogP contribution >= 0.6 is 11.5 Å². The Balaban J connectivity index is 1.98. The number of nitrogens with two attached hydrogens (primary N) is 2. The molecule has 0 amide bonds. The summed E-state index contributed by atoms with van der Waals surface area (Å²) < 4.78 is 9.50. The SMILES string of the molecule is COc1ccc(Cc2nsc(CC(N)C(C)N)n2)cc1. The maximum Gasteiger partial charge on any atom is 0.146 e. The van der Waals surface area contributed by atoms with Crippen molar-refractivity contribution in [2.75, 3.05) is 7.11 Å². The zero-order chi connectivity index (χ0) is 14.5. The van der Waals surface area contributed by atoms with Gasteiger partial charge in [0, 0.05) is 24.9 Å². The third kappa shape index (κ3) is 4.00. The second-order valence-corrected chi connectivity index (χ2v) is 5.69. The summed E-state index contributed by atoms with van der Waals surface area (Å²) in [4.78, 5) is 4.51. The van der Waals surface area contributed by atoms with E-state index in [9.17, 15) is 0 Å². The van der Waals surface area contributed by atoms with Crippen molar-refractivity contribution < 1.29 is 4.74 Å². The van der Waals surface area contributed by atoms with Crippen molar-refractivity contribution in [3.63, 3.8) is 0 Å². The van der Waals surface area contributed by atoms with Gasteiger partial charge in [-0.05, 0) is 36.2 Å². The van der Waals surface area contributed by atoms with E-state index in [0.717, 1.165) is 22.1 Å². The molecular weight excluding hydrogens is 272 g/mol. The van der Waals surface area contributed by atoms with Crippen LogP contribution < -0.4 is 16.2 Å². The third-order valence-corrected chi connectivity index (χ3v) is 3.89. The molecule has 2 aromatic rings. The van der Waals surface area contributed by atoms with E-state index in [1.807, 2.05) is 31.2 Å². The Bertz CT molecular complexity index is 538. The summed E-state index contributed by atoms with van der Waals surface area (Å²) in [6.45, 7) is 1.91. The zero-order valence-electron chi connectivity index (χ0n) is 11.7. The van der Waals surface area contributed by atoms with Gasteiger partial charge in [-0.3, -0.25) is 0 Å². The highest BCUT2D eigenvalue weighted by Crippen LogP contribution is 2.15. The van der Waals surface area contributed by atoms with Gasteiger partial charge in [-0.25, -0.2) is 4.98 Å². The number of benzene rings is 1. The van der Waals surface area contributed by atoms with Gasteiger partial charge in [0.2, 0.25) is 0 Å². The highest BCUT2D eigenvalue weighted by atomic mass is 32.1. The fourth-order valence-electron chi connectivity index (χ4n) is 1.76. The van der Waals surface area contributed by atoms with Crippen LogP contribution in [0.4, 0.5) is 0 Å². The molecule has 4 N–H and O–H groups in total. The molecule has 2 unspecified atom stereocenters. The molecular formula is C14H20N4OS. The van der Waals surface area contributed by atoms with E-state index in [4.69, 9.17) is 16.2 Å². The van der Waals surface area contributed by atoms with Gasteiger partial charge in [0.15, 0.2) is 0 Å². The average Bonchev–Trinajstić information content (AvgIpc) is 2.86. The minimum absolute atomic E-state index is 0.0380. The Hall–Kier alpha value is -1.50. The van der Waals surface area contributed by atoms with E-state index in [1.54, 1.807) is 7.11 Å². The standard InChI is InChI=1S/C14H20N4OS/c1-9(15)12(16)8-14-17-13(18-20-14)7-10-3-5-11(19-2)6-4-10/h3-6,9,12H,7-8,15-16H2,1-2H3. The highest BCUT2D eigenvalue weighted by Gasteiger charge is 2.12. The number of nitrogens with zero attached hydrogens (tertiary/aromatic N) is 2. The summed E-state index contributed by atoms with van der Waals surface area (Å²) in [5.41, 5.74) is 12.9. The Morgan fingerprint density at radius 2 is 1.95 bits per heavy atom. The van der Waals surface area contributed by atoms with Crippen molar-refractivity contribution in [1.82, 2.24) is 9.36 Å². The van der Waals surface area contributed by atoms with Gasteiger partial charge in [0.1, 0.15) is 16.6 Å². The number of aromatic nitrogens is 2. The molecule has 0 aliphatic rings. The first kappa shape index (κ1) is 14.9. The van der Waals surface area contributed by atoms with E-state index < -0.39 is 0 Å². The molecule has 0 fully saturated rings. The van der Waals surface area contributed by atoms with Crippen molar-refractivity contribution in [2.24, 2.45) is 11.5 Å². The maximum absolute atomic E-state index is 5.94. The first-order valence-corrected chi connectivity index (χ1v) is 7.31. The second kappa shape index (κ2) is 6.78. The Kier molecular flexibility index (Phi) is 5.05. The molecule has 1 aromatic carbocycles. The fourth-order valence-corrected chi connectivity index (χ4v) is 2.49. The summed E-state index contributed by atoms with van der Waals surface area (Å²) in [7, 11) is 1.66. The van der Waals surface area contributed by atoms with Crippen LogP contribution in [0.1, 0.15) is 23.3 Å². The number of hydrogen-bond donors (Lipinski definition) is 2. The predicted molar refractivity (Wildman–Crippen MR) is 81.0 cm³/mol. The molecule has 5 nitrogen and oxygen atoms in total. The summed E-state index contributed by atoms with van der Waals surface area (Å²) in [6, 6.07) is 7.81. The topological polar surface area (TPSA) is 87.0 Å². The molecule has 1 aromatic heterocycles. The van der Waals surface area contributed by atoms with Crippen molar-refractivity contribution >= 4 is 11.5 Å². The molecule has 0 aliphatic heterocycles. The van der Waals surface area contributed by atoms with E-state index in [2.05, 4.69) is 9.36 Å². The molecule has 0 saturated heterocycles. The van der Waals surface area contributed by atoms with Crippen LogP contribution in [0.25, 0.3) is 0 Å².